The van der Waals surface area contributed by atoms with Crippen LogP contribution in [0.3, 0.4) is 0 Å². The highest BCUT2D eigenvalue weighted by Gasteiger charge is 2.05. The van der Waals surface area contributed by atoms with E-state index in [1.807, 2.05) is 0 Å². The molecule has 0 fully saturated rings. The minimum Gasteiger partial charge on any atom is -0.460 e. The van der Waals surface area contributed by atoms with Gasteiger partial charge in [-0.3, -0.25) is 0 Å². The van der Waals surface area contributed by atoms with Crippen LogP contribution in [0.2, 0.25) is 0 Å². The summed E-state index contributed by atoms with van der Waals surface area (Å²) in [6, 6.07) is 0. The lowest BCUT2D eigenvalue weighted by molar-refractivity contribution is -0.140. The Balaban J connectivity index is 3.12. The summed E-state index contributed by atoms with van der Waals surface area (Å²) in [7, 11) is 0. The number of unbranched alkanes of at least 4 members (excludes halogenated alkanes) is 8. The molecular weight excluding hydrogens is 255 g/mol. The number of carbonyl (C=O) groups excluding carboxylic acids is 1. The Morgan fingerprint density at radius 3 is 2.10 bits per heavy atom. The number of rotatable bonds is 13. The van der Waals surface area contributed by atoms with Gasteiger partial charge in [-0.1, -0.05) is 64.2 Å². The topological polar surface area (TPSA) is 26.3 Å². The molecule has 0 rings (SSSR count). The van der Waals surface area contributed by atoms with Crippen molar-refractivity contribution < 1.29 is 13.9 Å². The normalized spacial score (nSPS) is 10.9. The van der Waals surface area contributed by atoms with Crippen LogP contribution in [0.1, 0.15) is 71.1 Å². The standard InChI is InChI=1S/C17H29FO2/c1-3-4-5-6-7-8-9-10-11-12-13-14-15-20-17(19)16(2)18/h4-5H,2-3,6-15H2,1H3/b5-4-. The van der Waals surface area contributed by atoms with Gasteiger partial charge < -0.3 is 4.74 Å². The summed E-state index contributed by atoms with van der Waals surface area (Å²) >= 11 is 0. The third kappa shape index (κ3) is 13.3. The molecule has 0 aromatic heterocycles. The molecular formula is C17H29FO2. The molecule has 0 radical (unpaired) electrons. The van der Waals surface area contributed by atoms with Gasteiger partial charge in [0.25, 0.3) is 0 Å². The monoisotopic (exact) mass is 284 g/mol. The summed E-state index contributed by atoms with van der Waals surface area (Å²) in [6.07, 6.45) is 16.2. The fraction of sp³-hybridized carbons (Fsp3) is 0.706. The first-order valence-corrected chi connectivity index (χ1v) is 7.85. The molecule has 20 heavy (non-hydrogen) atoms. The maximum atomic E-state index is 12.3. The zero-order valence-corrected chi connectivity index (χ0v) is 12.8. The second-order valence-corrected chi connectivity index (χ2v) is 5.04. The Bertz CT molecular complexity index is 285. The average Bonchev–Trinajstić information content (AvgIpc) is 2.43. The number of hydrogen-bond acceptors (Lipinski definition) is 2. The van der Waals surface area contributed by atoms with E-state index in [2.05, 4.69) is 30.4 Å². The average molecular weight is 284 g/mol. The molecule has 0 aromatic rings. The van der Waals surface area contributed by atoms with E-state index < -0.39 is 11.8 Å². The lowest BCUT2D eigenvalue weighted by Gasteiger charge is -2.03. The Hall–Kier alpha value is -1.12. The summed E-state index contributed by atoms with van der Waals surface area (Å²) in [6.45, 7) is 5.35. The van der Waals surface area contributed by atoms with Gasteiger partial charge in [-0.25, -0.2) is 4.79 Å². The van der Waals surface area contributed by atoms with Crippen molar-refractivity contribution in [2.75, 3.05) is 6.61 Å². The largest absolute Gasteiger partial charge is 0.460 e. The van der Waals surface area contributed by atoms with Crippen molar-refractivity contribution >= 4 is 5.97 Å². The molecule has 0 spiro atoms. The minimum atomic E-state index is -1.02. The first-order chi connectivity index (χ1) is 9.68. The SMILES string of the molecule is C=C(F)C(=O)OCCCCCCCCCC/C=C\CC. The molecule has 0 heterocycles. The third-order valence-corrected chi connectivity index (χ3v) is 3.12. The molecule has 0 aromatic carbocycles. The van der Waals surface area contributed by atoms with Crippen LogP contribution in [0, 0.1) is 0 Å². The van der Waals surface area contributed by atoms with Gasteiger partial charge in [0, 0.05) is 0 Å². The smallest absolute Gasteiger partial charge is 0.366 e. The van der Waals surface area contributed by atoms with E-state index in [4.69, 9.17) is 0 Å². The van der Waals surface area contributed by atoms with E-state index in [1.165, 1.54) is 38.5 Å². The van der Waals surface area contributed by atoms with Gasteiger partial charge in [0.1, 0.15) is 0 Å². The number of halogens is 1. The maximum Gasteiger partial charge on any atom is 0.366 e. The number of esters is 1. The quantitative estimate of drug-likeness (QED) is 0.193. The fourth-order valence-electron chi connectivity index (χ4n) is 1.95. The molecule has 0 unspecified atom stereocenters. The van der Waals surface area contributed by atoms with Crippen molar-refractivity contribution in [3.63, 3.8) is 0 Å². The van der Waals surface area contributed by atoms with Crippen molar-refractivity contribution in [1.29, 1.82) is 0 Å². The first kappa shape index (κ1) is 18.9. The molecule has 0 atom stereocenters. The maximum absolute atomic E-state index is 12.3. The van der Waals surface area contributed by atoms with Crippen LogP contribution in [0.15, 0.2) is 24.6 Å². The second-order valence-electron chi connectivity index (χ2n) is 5.04. The van der Waals surface area contributed by atoms with Crippen LogP contribution in [0.4, 0.5) is 4.39 Å². The van der Waals surface area contributed by atoms with Crippen LogP contribution in [-0.2, 0) is 9.53 Å². The first-order valence-electron chi connectivity index (χ1n) is 7.85. The lowest BCUT2D eigenvalue weighted by Crippen LogP contribution is -2.05. The molecule has 0 saturated heterocycles. The van der Waals surface area contributed by atoms with E-state index in [9.17, 15) is 9.18 Å². The number of ether oxygens (including phenoxy) is 1. The highest BCUT2D eigenvalue weighted by atomic mass is 19.1. The highest BCUT2D eigenvalue weighted by molar-refractivity contribution is 5.85. The predicted octanol–water partition coefficient (Wildman–Crippen LogP) is 5.49. The van der Waals surface area contributed by atoms with Crippen molar-refractivity contribution in [2.45, 2.75) is 71.1 Å². The molecule has 116 valence electrons. The third-order valence-electron chi connectivity index (χ3n) is 3.12. The minimum absolute atomic E-state index is 0.297. The Morgan fingerprint density at radius 1 is 1.00 bits per heavy atom. The molecule has 0 aliphatic rings. The fourth-order valence-corrected chi connectivity index (χ4v) is 1.95. The summed E-state index contributed by atoms with van der Waals surface area (Å²) in [5.74, 6) is -1.94. The van der Waals surface area contributed by atoms with Gasteiger partial charge in [-0.15, -0.1) is 0 Å². The van der Waals surface area contributed by atoms with Crippen molar-refractivity contribution in [2.24, 2.45) is 0 Å². The molecule has 0 aliphatic carbocycles. The number of allylic oxidation sites excluding steroid dienone is 2. The van der Waals surface area contributed by atoms with Gasteiger partial charge in [0.05, 0.1) is 6.61 Å². The van der Waals surface area contributed by atoms with Gasteiger partial charge in [0.2, 0.25) is 5.83 Å². The predicted molar refractivity (Wildman–Crippen MR) is 82.2 cm³/mol. The summed E-state index contributed by atoms with van der Waals surface area (Å²) in [5.41, 5.74) is 0. The summed E-state index contributed by atoms with van der Waals surface area (Å²) in [5, 5.41) is 0. The van der Waals surface area contributed by atoms with Gasteiger partial charge >= 0.3 is 5.97 Å². The number of hydrogen-bond donors (Lipinski definition) is 0. The molecule has 0 amide bonds. The van der Waals surface area contributed by atoms with E-state index in [0.29, 0.717) is 6.61 Å². The van der Waals surface area contributed by atoms with E-state index >= 15 is 0 Å². The lowest BCUT2D eigenvalue weighted by atomic mass is 10.1. The van der Waals surface area contributed by atoms with Gasteiger partial charge in [0.15, 0.2) is 0 Å². The van der Waals surface area contributed by atoms with Crippen LogP contribution in [0.25, 0.3) is 0 Å². The zero-order chi connectivity index (χ0) is 15.1. The Kier molecular flexibility index (Phi) is 13.5. The molecule has 0 saturated carbocycles. The van der Waals surface area contributed by atoms with Crippen LogP contribution in [0.5, 0.6) is 0 Å². The summed E-state index contributed by atoms with van der Waals surface area (Å²) < 4.78 is 16.9. The highest BCUT2D eigenvalue weighted by Crippen LogP contribution is 2.10. The molecule has 2 nitrogen and oxygen atoms in total. The number of carbonyl (C=O) groups is 1. The van der Waals surface area contributed by atoms with Crippen molar-refractivity contribution in [3.8, 4) is 0 Å². The zero-order valence-electron chi connectivity index (χ0n) is 12.8. The van der Waals surface area contributed by atoms with Crippen molar-refractivity contribution in [1.82, 2.24) is 0 Å². The molecule has 0 N–H and O–H groups in total. The van der Waals surface area contributed by atoms with Crippen molar-refractivity contribution in [3.05, 3.63) is 24.6 Å². The second kappa shape index (κ2) is 14.3. The Morgan fingerprint density at radius 2 is 1.55 bits per heavy atom. The molecule has 3 heteroatoms. The van der Waals surface area contributed by atoms with Gasteiger partial charge in [-0.05, 0) is 25.7 Å². The van der Waals surface area contributed by atoms with E-state index in [0.717, 1.165) is 25.7 Å². The molecule has 0 bridgehead atoms. The van der Waals surface area contributed by atoms with E-state index in [1.54, 1.807) is 0 Å². The Labute approximate surface area is 123 Å². The van der Waals surface area contributed by atoms with Crippen LogP contribution < -0.4 is 0 Å². The van der Waals surface area contributed by atoms with E-state index in [-0.39, 0.29) is 0 Å². The van der Waals surface area contributed by atoms with Gasteiger partial charge in [-0.2, -0.15) is 4.39 Å². The summed E-state index contributed by atoms with van der Waals surface area (Å²) in [4.78, 5) is 10.7. The molecule has 0 aliphatic heterocycles. The van der Waals surface area contributed by atoms with Crippen LogP contribution >= 0.6 is 0 Å². The van der Waals surface area contributed by atoms with Crippen LogP contribution in [-0.4, -0.2) is 12.6 Å².